The molecule has 1 aromatic heterocycles. The van der Waals surface area contributed by atoms with Gasteiger partial charge in [0, 0.05) is 16.5 Å². The predicted molar refractivity (Wildman–Crippen MR) is 147 cm³/mol. The number of aromatic nitrogens is 1. The van der Waals surface area contributed by atoms with Gasteiger partial charge in [-0.1, -0.05) is 29.2 Å². The first-order valence-corrected chi connectivity index (χ1v) is 14.2. The largest absolute Gasteiger partial charge is 0.504 e. The predicted octanol–water partition coefficient (Wildman–Crippen LogP) is 2.71. The van der Waals surface area contributed by atoms with Crippen molar-refractivity contribution in [1.82, 2.24) is 9.88 Å². The standard InChI is InChI=1S/C27H25N3O8S2/c1-3-37-17-11-14(7-10-16(17)31)19-20-21(24(34)29-23(20)33)39-25-22(19)40-27(36)30(25)12-18(32)28-15-8-5-13(6-9-15)26(35)38-4-2/h5-11,19-21,31H,3-4,12H2,1-2H3,(H,28,32)(H,29,33,34)/t19-,20+,21-/m0/s1. The summed E-state index contributed by atoms with van der Waals surface area (Å²) >= 11 is 2.00. The molecule has 1 fully saturated rings. The maximum atomic E-state index is 13.1. The molecule has 0 unspecified atom stereocenters. The second-order valence-corrected chi connectivity index (χ2v) is 11.1. The number of carbonyl (C=O) groups is 4. The average molecular weight is 584 g/mol. The minimum Gasteiger partial charge on any atom is -0.504 e. The molecule has 0 bridgehead atoms. The molecule has 1 saturated heterocycles. The molecule has 0 aliphatic carbocycles. The average Bonchev–Trinajstić information content (AvgIpc) is 3.39. The van der Waals surface area contributed by atoms with Crippen LogP contribution in [0.15, 0.2) is 52.3 Å². The van der Waals surface area contributed by atoms with Crippen LogP contribution in [-0.2, 0) is 25.7 Å². The smallest absolute Gasteiger partial charge is 0.338 e. The van der Waals surface area contributed by atoms with Crippen molar-refractivity contribution in [1.29, 1.82) is 0 Å². The van der Waals surface area contributed by atoms with Crippen molar-refractivity contribution < 1.29 is 33.8 Å². The van der Waals surface area contributed by atoms with Crippen LogP contribution in [0.1, 0.15) is 40.6 Å². The van der Waals surface area contributed by atoms with Gasteiger partial charge >= 0.3 is 10.8 Å². The van der Waals surface area contributed by atoms with Crippen molar-refractivity contribution >= 4 is 52.5 Å². The number of nitrogens with one attached hydrogen (secondary N) is 2. The second-order valence-electron chi connectivity index (χ2n) is 9.03. The number of hydrogen-bond donors (Lipinski definition) is 3. The van der Waals surface area contributed by atoms with Crippen LogP contribution in [0.2, 0.25) is 0 Å². The van der Waals surface area contributed by atoms with E-state index in [9.17, 15) is 29.1 Å². The number of phenols is 1. The molecule has 2 aromatic carbocycles. The number of benzene rings is 2. The van der Waals surface area contributed by atoms with Crippen LogP contribution in [0.3, 0.4) is 0 Å². The fraction of sp³-hybridized carbons (Fsp3) is 0.296. The molecule has 3 atom stereocenters. The maximum absolute atomic E-state index is 13.1. The van der Waals surface area contributed by atoms with E-state index in [4.69, 9.17) is 9.47 Å². The van der Waals surface area contributed by atoms with Crippen LogP contribution >= 0.6 is 23.1 Å². The Morgan fingerprint density at radius 3 is 2.50 bits per heavy atom. The van der Waals surface area contributed by atoms with Crippen LogP contribution in [0, 0.1) is 5.92 Å². The monoisotopic (exact) mass is 583 g/mol. The number of phenolic OH excluding ortho intramolecular Hbond substituents is 1. The summed E-state index contributed by atoms with van der Waals surface area (Å²) in [5.74, 6) is -3.15. The van der Waals surface area contributed by atoms with E-state index in [1.165, 1.54) is 22.8 Å². The van der Waals surface area contributed by atoms with Gasteiger partial charge in [-0.2, -0.15) is 0 Å². The van der Waals surface area contributed by atoms with Gasteiger partial charge in [-0.25, -0.2) is 4.79 Å². The minimum atomic E-state index is -0.798. The molecule has 40 heavy (non-hydrogen) atoms. The summed E-state index contributed by atoms with van der Waals surface area (Å²) in [6.45, 7) is 3.70. The molecular weight excluding hydrogens is 558 g/mol. The van der Waals surface area contributed by atoms with Crippen molar-refractivity contribution in [3.63, 3.8) is 0 Å². The normalized spacial score (nSPS) is 19.4. The van der Waals surface area contributed by atoms with Crippen molar-refractivity contribution in [2.45, 2.75) is 36.6 Å². The fourth-order valence-electron chi connectivity index (χ4n) is 4.78. The van der Waals surface area contributed by atoms with E-state index in [2.05, 4.69) is 10.6 Å². The number of hydrogen-bond acceptors (Lipinski definition) is 10. The highest BCUT2D eigenvalue weighted by Gasteiger charge is 2.53. The number of ether oxygens (including phenoxy) is 2. The molecule has 2 aliphatic heterocycles. The first kappa shape index (κ1) is 27.5. The second kappa shape index (κ2) is 11.2. The lowest BCUT2D eigenvalue weighted by Gasteiger charge is -2.31. The molecule has 3 heterocycles. The Hall–Kier alpha value is -4.10. The number of anilines is 1. The number of rotatable bonds is 8. The number of carbonyl (C=O) groups excluding carboxylic acids is 4. The van der Waals surface area contributed by atoms with E-state index in [0.717, 1.165) is 23.1 Å². The number of aromatic hydroxyl groups is 1. The summed E-state index contributed by atoms with van der Waals surface area (Å²) in [4.78, 5) is 63.7. The molecule has 13 heteroatoms. The number of esters is 1. The van der Waals surface area contributed by atoms with E-state index in [1.54, 1.807) is 38.1 Å². The minimum absolute atomic E-state index is 0.0720. The molecule has 3 aromatic rings. The maximum Gasteiger partial charge on any atom is 0.338 e. The van der Waals surface area contributed by atoms with Crippen LogP contribution in [0.5, 0.6) is 11.5 Å². The quantitative estimate of drug-likeness (QED) is 0.268. The zero-order valence-electron chi connectivity index (χ0n) is 21.5. The van der Waals surface area contributed by atoms with Crippen LogP contribution in [-0.4, -0.2) is 51.8 Å². The zero-order valence-corrected chi connectivity index (χ0v) is 23.1. The van der Waals surface area contributed by atoms with Crippen molar-refractivity contribution in [2.75, 3.05) is 18.5 Å². The lowest BCUT2D eigenvalue weighted by Crippen LogP contribution is -2.32. The Morgan fingerprint density at radius 1 is 1.05 bits per heavy atom. The lowest BCUT2D eigenvalue weighted by molar-refractivity contribution is -0.126. The number of nitrogens with zero attached hydrogens (tertiary/aromatic N) is 1. The van der Waals surface area contributed by atoms with Crippen molar-refractivity contribution in [2.24, 2.45) is 5.92 Å². The van der Waals surface area contributed by atoms with Gasteiger partial charge in [0.25, 0.3) is 0 Å². The highest BCUT2D eigenvalue weighted by atomic mass is 32.2. The fourth-order valence-corrected chi connectivity index (χ4v) is 7.52. The Bertz CT molecular complexity index is 1560. The third-order valence-electron chi connectivity index (χ3n) is 6.51. The Morgan fingerprint density at radius 2 is 1.80 bits per heavy atom. The van der Waals surface area contributed by atoms with E-state index in [0.29, 0.717) is 33.3 Å². The number of imide groups is 1. The Kier molecular flexibility index (Phi) is 7.68. The number of fused-ring (bicyclic) bond motifs is 2. The van der Waals surface area contributed by atoms with Crippen molar-refractivity contribution in [3.05, 3.63) is 68.1 Å². The van der Waals surface area contributed by atoms with Gasteiger partial charge in [0.15, 0.2) is 11.5 Å². The molecule has 0 spiro atoms. The van der Waals surface area contributed by atoms with E-state index in [1.807, 2.05) is 0 Å². The van der Waals surface area contributed by atoms with Gasteiger partial charge in [0.1, 0.15) is 11.8 Å². The molecule has 208 valence electrons. The molecule has 0 saturated carbocycles. The van der Waals surface area contributed by atoms with Crippen LogP contribution in [0.4, 0.5) is 5.69 Å². The number of amides is 3. The molecule has 2 aliphatic rings. The van der Waals surface area contributed by atoms with Gasteiger partial charge in [-0.3, -0.25) is 29.1 Å². The number of thiazole rings is 1. The Balaban J connectivity index is 1.46. The van der Waals surface area contributed by atoms with E-state index in [-0.39, 0.29) is 24.7 Å². The molecule has 0 radical (unpaired) electrons. The van der Waals surface area contributed by atoms with Crippen molar-refractivity contribution in [3.8, 4) is 11.5 Å². The first-order valence-electron chi connectivity index (χ1n) is 12.5. The molecule has 3 N–H and O–H groups in total. The molecule has 11 nitrogen and oxygen atoms in total. The highest BCUT2D eigenvalue weighted by Crippen LogP contribution is 2.52. The van der Waals surface area contributed by atoms with E-state index >= 15 is 0 Å². The summed E-state index contributed by atoms with van der Waals surface area (Å²) in [6.07, 6.45) is 0. The highest BCUT2D eigenvalue weighted by molar-refractivity contribution is 8.00. The van der Waals surface area contributed by atoms with Gasteiger partial charge in [-0.05, 0) is 55.8 Å². The van der Waals surface area contributed by atoms with Gasteiger partial charge < -0.3 is 19.9 Å². The van der Waals surface area contributed by atoms with Crippen LogP contribution < -0.4 is 20.2 Å². The molecule has 5 rings (SSSR count). The first-order chi connectivity index (χ1) is 19.2. The van der Waals surface area contributed by atoms with Gasteiger partial charge in [0.2, 0.25) is 17.7 Å². The molecular formula is C27H25N3O8S2. The summed E-state index contributed by atoms with van der Waals surface area (Å²) in [5, 5.41) is 14.9. The lowest BCUT2D eigenvalue weighted by atomic mass is 9.83. The summed E-state index contributed by atoms with van der Waals surface area (Å²) in [6, 6.07) is 10.9. The number of thioether (sulfide) groups is 1. The summed E-state index contributed by atoms with van der Waals surface area (Å²) in [7, 11) is 0. The molecule has 3 amide bonds. The third kappa shape index (κ3) is 5.09. The zero-order chi connectivity index (χ0) is 28.6. The summed E-state index contributed by atoms with van der Waals surface area (Å²) < 4.78 is 11.8. The topological polar surface area (TPSA) is 153 Å². The summed E-state index contributed by atoms with van der Waals surface area (Å²) in [5.41, 5.74) is 1.36. The third-order valence-corrected chi connectivity index (χ3v) is 9.13. The van der Waals surface area contributed by atoms with E-state index < -0.39 is 45.6 Å². The van der Waals surface area contributed by atoms with Gasteiger partial charge in [0.05, 0.1) is 29.7 Å². The van der Waals surface area contributed by atoms with Gasteiger partial charge in [-0.15, -0.1) is 0 Å². The SMILES string of the molecule is CCOC(=O)c1ccc(NC(=O)Cn2c3c(sc2=O)[C@@H](c2ccc(O)c(OCC)c2)[C@H]2C(=O)NC(=O)[C@H]2S3)cc1. The Labute approximate surface area is 236 Å². The van der Waals surface area contributed by atoms with Crippen LogP contribution in [0.25, 0.3) is 0 Å².